The van der Waals surface area contributed by atoms with Gasteiger partial charge in [-0.1, -0.05) is 17.7 Å². The van der Waals surface area contributed by atoms with E-state index in [0.29, 0.717) is 36.6 Å². The van der Waals surface area contributed by atoms with Crippen LogP contribution >= 0.6 is 11.6 Å². The Bertz CT molecular complexity index is 959. The average molecular weight is 411 g/mol. The maximum absolute atomic E-state index is 13.0. The summed E-state index contributed by atoms with van der Waals surface area (Å²) in [4.78, 5) is 29.5. The lowest BCUT2D eigenvalue weighted by atomic mass is 9.97. The minimum Gasteiger partial charge on any atom is -0.492 e. The van der Waals surface area contributed by atoms with Crippen molar-refractivity contribution in [1.29, 1.82) is 0 Å². The minimum atomic E-state index is -2.58. The van der Waals surface area contributed by atoms with Crippen molar-refractivity contribution >= 4 is 17.5 Å². The number of H-pyrrole nitrogens is 1. The zero-order valence-electron chi connectivity index (χ0n) is 15.7. The summed E-state index contributed by atoms with van der Waals surface area (Å²) in [6, 6.07) is 5.08. The topological polar surface area (TPSA) is 62.4 Å². The van der Waals surface area contributed by atoms with Gasteiger partial charge in [-0.25, -0.2) is 8.78 Å². The number of amides is 1. The van der Waals surface area contributed by atoms with Crippen molar-refractivity contribution in [3.8, 4) is 5.75 Å². The van der Waals surface area contributed by atoms with Crippen LogP contribution in [0.25, 0.3) is 0 Å². The number of rotatable bonds is 6. The lowest BCUT2D eigenvalue weighted by molar-refractivity contribution is 0.0725. The van der Waals surface area contributed by atoms with Crippen molar-refractivity contribution < 1.29 is 18.3 Å². The molecule has 1 amide bonds. The van der Waals surface area contributed by atoms with E-state index in [4.69, 9.17) is 16.3 Å². The van der Waals surface area contributed by atoms with Crippen molar-refractivity contribution in [2.45, 2.75) is 39.7 Å². The molecule has 3 rings (SSSR count). The number of pyridine rings is 1. The molecule has 8 heteroatoms. The van der Waals surface area contributed by atoms with Crippen molar-refractivity contribution in [2.75, 3.05) is 13.2 Å². The number of hydrogen-bond acceptors (Lipinski definition) is 3. The second-order valence-electron chi connectivity index (χ2n) is 6.70. The highest BCUT2D eigenvalue weighted by Gasteiger charge is 2.29. The quantitative estimate of drug-likeness (QED) is 0.789. The Labute approximate surface area is 166 Å². The fraction of sp³-hybridized carbons (Fsp3) is 0.400. The van der Waals surface area contributed by atoms with Gasteiger partial charge in [0.2, 0.25) is 6.43 Å². The molecular weight excluding hydrogens is 390 g/mol. The molecule has 28 heavy (non-hydrogen) atoms. The molecule has 0 fully saturated rings. The van der Waals surface area contributed by atoms with Crippen molar-refractivity contribution in [2.24, 2.45) is 0 Å². The van der Waals surface area contributed by atoms with Crippen LogP contribution in [-0.2, 0) is 19.4 Å². The number of hydrogen-bond donors (Lipinski definition) is 1. The van der Waals surface area contributed by atoms with E-state index in [1.165, 1.54) is 11.0 Å². The van der Waals surface area contributed by atoms with Crippen LogP contribution in [0, 0.1) is 6.92 Å². The van der Waals surface area contributed by atoms with Crippen molar-refractivity contribution in [3.05, 3.63) is 61.5 Å². The minimum absolute atomic E-state index is 0.0505. The molecule has 1 aliphatic heterocycles. The van der Waals surface area contributed by atoms with Gasteiger partial charge in [0.25, 0.3) is 11.5 Å². The lowest BCUT2D eigenvalue weighted by Crippen LogP contribution is -2.39. The molecule has 0 aliphatic carbocycles. The Morgan fingerprint density at radius 2 is 2.07 bits per heavy atom. The Hall–Kier alpha value is -2.41. The number of nitrogens with one attached hydrogen (secondary N) is 1. The van der Waals surface area contributed by atoms with Crippen LogP contribution in [-0.4, -0.2) is 35.4 Å². The molecule has 2 aromatic rings. The number of aromatic amines is 1. The molecule has 1 aromatic carbocycles. The molecule has 2 heterocycles. The Morgan fingerprint density at radius 3 is 2.75 bits per heavy atom. The smallest absolute Gasteiger partial charge is 0.256 e. The number of alkyl halides is 2. The van der Waals surface area contributed by atoms with Crippen LogP contribution in [0.15, 0.2) is 23.0 Å². The first-order valence-electron chi connectivity index (χ1n) is 9.05. The number of benzene rings is 1. The maximum atomic E-state index is 13.0. The predicted octanol–water partition coefficient (Wildman–Crippen LogP) is 3.74. The van der Waals surface area contributed by atoms with Crippen molar-refractivity contribution in [3.63, 3.8) is 0 Å². The third-order valence-electron chi connectivity index (χ3n) is 4.73. The first-order valence-corrected chi connectivity index (χ1v) is 9.42. The summed E-state index contributed by atoms with van der Waals surface area (Å²) < 4.78 is 31.4. The van der Waals surface area contributed by atoms with Gasteiger partial charge >= 0.3 is 0 Å². The average Bonchev–Trinajstić information content (AvgIpc) is 2.61. The summed E-state index contributed by atoms with van der Waals surface area (Å²) in [5.41, 5.74) is 1.63. The SMILES string of the molecule is CCOc1ccc2c(c1Cl)C(=O)N(Cc1c(CC(F)F)cc(C)[nH]c1=O)CC2. The second-order valence-corrected chi connectivity index (χ2v) is 7.08. The van der Waals surface area contributed by atoms with Crippen LogP contribution in [0.2, 0.25) is 5.02 Å². The monoisotopic (exact) mass is 410 g/mol. The molecule has 1 aliphatic rings. The van der Waals surface area contributed by atoms with E-state index in [2.05, 4.69) is 4.98 Å². The van der Waals surface area contributed by atoms with Gasteiger partial charge in [0, 0.05) is 24.2 Å². The van der Waals surface area contributed by atoms with Gasteiger partial charge in [-0.2, -0.15) is 0 Å². The fourth-order valence-electron chi connectivity index (χ4n) is 3.47. The predicted molar refractivity (Wildman–Crippen MR) is 103 cm³/mol. The molecule has 5 nitrogen and oxygen atoms in total. The fourth-order valence-corrected chi connectivity index (χ4v) is 3.79. The van der Waals surface area contributed by atoms with E-state index in [0.717, 1.165) is 5.56 Å². The molecular formula is C20H21ClF2N2O3. The zero-order chi connectivity index (χ0) is 20.4. The summed E-state index contributed by atoms with van der Waals surface area (Å²) in [5.74, 6) is 0.0838. The first kappa shape index (κ1) is 20.3. The number of nitrogens with zero attached hydrogens (tertiary/aromatic N) is 1. The molecule has 0 atom stereocenters. The van der Waals surface area contributed by atoms with Gasteiger partial charge in [0.15, 0.2) is 0 Å². The van der Waals surface area contributed by atoms with Crippen LogP contribution in [0.1, 0.15) is 39.7 Å². The Morgan fingerprint density at radius 1 is 1.32 bits per heavy atom. The molecule has 1 aromatic heterocycles. The van der Waals surface area contributed by atoms with E-state index in [-0.39, 0.29) is 28.6 Å². The largest absolute Gasteiger partial charge is 0.492 e. The number of aromatic nitrogens is 1. The molecule has 0 unspecified atom stereocenters. The van der Waals surface area contributed by atoms with E-state index in [1.807, 2.05) is 13.0 Å². The summed E-state index contributed by atoms with van der Waals surface area (Å²) in [5, 5.41) is 0.236. The van der Waals surface area contributed by atoms with Gasteiger partial charge in [0.1, 0.15) is 5.75 Å². The van der Waals surface area contributed by atoms with Crippen molar-refractivity contribution in [1.82, 2.24) is 9.88 Å². The first-order chi connectivity index (χ1) is 13.3. The molecule has 150 valence electrons. The number of carbonyl (C=O) groups is 1. The van der Waals surface area contributed by atoms with Crippen LogP contribution in [0.5, 0.6) is 5.75 Å². The molecule has 0 radical (unpaired) electrons. The van der Waals surface area contributed by atoms with Gasteiger partial charge in [-0.05, 0) is 43.5 Å². The number of halogens is 3. The third kappa shape index (κ3) is 4.04. The molecule has 0 bridgehead atoms. The number of aryl methyl sites for hydroxylation is 1. The normalized spacial score (nSPS) is 13.8. The Kier molecular flexibility index (Phi) is 6.03. The van der Waals surface area contributed by atoms with Gasteiger partial charge < -0.3 is 14.6 Å². The summed E-state index contributed by atoms with van der Waals surface area (Å²) in [7, 11) is 0. The number of carbonyl (C=O) groups excluding carboxylic acids is 1. The molecule has 1 N–H and O–H groups in total. The highest BCUT2D eigenvalue weighted by molar-refractivity contribution is 6.35. The highest BCUT2D eigenvalue weighted by Crippen LogP contribution is 2.34. The van der Waals surface area contributed by atoms with E-state index < -0.39 is 18.4 Å². The summed E-state index contributed by atoms with van der Waals surface area (Å²) in [6.07, 6.45) is -2.56. The number of ether oxygens (including phenoxy) is 1. The summed E-state index contributed by atoms with van der Waals surface area (Å²) in [6.45, 7) is 4.18. The zero-order valence-corrected chi connectivity index (χ0v) is 16.4. The molecule has 0 saturated heterocycles. The highest BCUT2D eigenvalue weighted by atomic mass is 35.5. The maximum Gasteiger partial charge on any atom is 0.256 e. The van der Waals surface area contributed by atoms with Crippen LogP contribution < -0.4 is 10.3 Å². The van der Waals surface area contributed by atoms with Gasteiger partial charge in [-0.15, -0.1) is 0 Å². The number of fused-ring (bicyclic) bond motifs is 1. The Balaban J connectivity index is 1.95. The molecule has 0 saturated carbocycles. The van der Waals surface area contributed by atoms with Crippen LogP contribution in [0.4, 0.5) is 8.78 Å². The molecule has 0 spiro atoms. The lowest BCUT2D eigenvalue weighted by Gasteiger charge is -2.30. The summed E-state index contributed by atoms with van der Waals surface area (Å²) >= 11 is 6.38. The second kappa shape index (κ2) is 8.31. The van der Waals surface area contributed by atoms with Gasteiger partial charge in [-0.3, -0.25) is 9.59 Å². The van der Waals surface area contributed by atoms with Crippen LogP contribution in [0.3, 0.4) is 0 Å². The van der Waals surface area contributed by atoms with E-state index in [9.17, 15) is 18.4 Å². The van der Waals surface area contributed by atoms with Gasteiger partial charge in [0.05, 0.1) is 23.7 Å². The standard InChI is InChI=1S/C20H21ClF2N2O3/c1-3-28-15-5-4-12-6-7-25(20(27)17(12)18(15)21)10-14-13(9-16(22)23)8-11(2)24-19(14)26/h4-5,8,16H,3,6-7,9-10H2,1-2H3,(H,24,26). The third-order valence-corrected chi connectivity index (χ3v) is 5.11. The van der Waals surface area contributed by atoms with E-state index >= 15 is 0 Å². The van der Waals surface area contributed by atoms with E-state index in [1.54, 1.807) is 13.0 Å².